The normalized spacial score (nSPS) is 14.0. The zero-order chi connectivity index (χ0) is 16.1. The predicted molar refractivity (Wildman–Crippen MR) is 92.3 cm³/mol. The van der Waals surface area contributed by atoms with Crippen molar-refractivity contribution in [3.63, 3.8) is 0 Å². The fourth-order valence-electron chi connectivity index (χ4n) is 1.84. The minimum atomic E-state index is -1.26. The molecular formula is C16H13Br2NO3. The van der Waals surface area contributed by atoms with Crippen molar-refractivity contribution in [3.8, 4) is 0 Å². The van der Waals surface area contributed by atoms with Crippen LogP contribution in [0.1, 0.15) is 17.2 Å². The number of nitrogens with zero attached hydrogens (tertiary/aromatic N) is 1. The summed E-state index contributed by atoms with van der Waals surface area (Å²) in [5.41, 5.74) is 1.26. The number of aliphatic hydroxyl groups excluding tert-OH is 1. The molecule has 6 heteroatoms. The molecule has 0 fully saturated rings. The summed E-state index contributed by atoms with van der Waals surface area (Å²) in [5.74, 6) is -1.18. The largest absolute Gasteiger partial charge is 0.480 e. The molecule has 0 aromatic heterocycles. The second-order valence-corrected chi connectivity index (χ2v) is 6.44. The standard InChI is InChI=1S/C16H13Br2NO3/c17-12-5-1-10(2-6-12)9-19-14(16(21)22)15(20)11-3-7-13(18)8-4-11/h1-9,14-15,20H,(H,21,22)/t14-,15+/m0/s1. The predicted octanol–water partition coefficient (Wildman–Crippen LogP) is 3.82. The summed E-state index contributed by atoms with van der Waals surface area (Å²) in [5, 5.41) is 19.5. The van der Waals surface area contributed by atoms with Crippen molar-refractivity contribution < 1.29 is 15.0 Å². The number of carboxylic acids is 1. The third-order valence-electron chi connectivity index (χ3n) is 3.02. The average molecular weight is 427 g/mol. The zero-order valence-corrected chi connectivity index (χ0v) is 14.5. The third kappa shape index (κ3) is 4.50. The van der Waals surface area contributed by atoms with Gasteiger partial charge in [-0.1, -0.05) is 56.1 Å². The van der Waals surface area contributed by atoms with Crippen LogP contribution in [0, 0.1) is 0 Å². The Morgan fingerprint density at radius 1 is 1.00 bits per heavy atom. The fourth-order valence-corrected chi connectivity index (χ4v) is 2.37. The highest BCUT2D eigenvalue weighted by Gasteiger charge is 2.26. The van der Waals surface area contributed by atoms with Gasteiger partial charge in [-0.25, -0.2) is 4.79 Å². The van der Waals surface area contributed by atoms with Crippen molar-refractivity contribution in [1.82, 2.24) is 0 Å². The molecule has 0 bridgehead atoms. The summed E-state index contributed by atoms with van der Waals surface area (Å²) in [4.78, 5) is 15.4. The molecule has 0 aliphatic rings. The van der Waals surface area contributed by atoms with Crippen molar-refractivity contribution in [1.29, 1.82) is 0 Å². The van der Waals surface area contributed by atoms with Crippen LogP contribution < -0.4 is 0 Å². The first kappa shape index (κ1) is 16.9. The van der Waals surface area contributed by atoms with Crippen LogP contribution in [0.3, 0.4) is 0 Å². The number of hydrogen-bond donors (Lipinski definition) is 2. The van der Waals surface area contributed by atoms with Gasteiger partial charge in [0.2, 0.25) is 0 Å². The lowest BCUT2D eigenvalue weighted by atomic mass is 10.0. The van der Waals surface area contributed by atoms with Gasteiger partial charge in [-0.15, -0.1) is 0 Å². The minimum Gasteiger partial charge on any atom is -0.480 e. The molecular weight excluding hydrogens is 414 g/mol. The van der Waals surface area contributed by atoms with Crippen molar-refractivity contribution in [2.24, 2.45) is 4.99 Å². The molecule has 2 aromatic rings. The molecule has 2 atom stereocenters. The lowest BCUT2D eigenvalue weighted by Gasteiger charge is -2.16. The van der Waals surface area contributed by atoms with E-state index in [4.69, 9.17) is 0 Å². The number of aliphatic hydroxyl groups is 1. The van der Waals surface area contributed by atoms with Gasteiger partial charge < -0.3 is 10.2 Å². The van der Waals surface area contributed by atoms with Crippen LogP contribution in [-0.4, -0.2) is 28.4 Å². The third-order valence-corrected chi connectivity index (χ3v) is 4.08. The smallest absolute Gasteiger partial charge is 0.331 e. The second-order valence-electron chi connectivity index (χ2n) is 4.61. The summed E-state index contributed by atoms with van der Waals surface area (Å²) in [6.07, 6.45) is 0.241. The number of hydrogen-bond acceptors (Lipinski definition) is 3. The van der Waals surface area contributed by atoms with Crippen LogP contribution in [0.25, 0.3) is 0 Å². The maximum absolute atomic E-state index is 11.4. The van der Waals surface area contributed by atoms with Crippen molar-refractivity contribution in [2.45, 2.75) is 12.1 Å². The van der Waals surface area contributed by atoms with E-state index in [-0.39, 0.29) is 0 Å². The van der Waals surface area contributed by atoms with Crippen LogP contribution in [0.15, 0.2) is 62.5 Å². The molecule has 0 unspecified atom stereocenters. The van der Waals surface area contributed by atoms with E-state index in [0.29, 0.717) is 5.56 Å². The Morgan fingerprint density at radius 3 is 2.00 bits per heavy atom. The van der Waals surface area contributed by atoms with Crippen LogP contribution >= 0.6 is 31.9 Å². The summed E-state index contributed by atoms with van der Waals surface area (Å²) in [6.45, 7) is 0. The quantitative estimate of drug-likeness (QED) is 0.714. The van der Waals surface area contributed by atoms with Gasteiger partial charge in [-0.2, -0.15) is 0 Å². The molecule has 2 N–H and O–H groups in total. The van der Waals surface area contributed by atoms with Gasteiger partial charge in [0, 0.05) is 15.2 Å². The lowest BCUT2D eigenvalue weighted by Crippen LogP contribution is -2.26. The minimum absolute atomic E-state index is 0.503. The van der Waals surface area contributed by atoms with E-state index in [0.717, 1.165) is 14.5 Å². The molecule has 2 rings (SSSR count). The fraction of sp³-hybridized carbons (Fsp3) is 0.125. The first-order valence-electron chi connectivity index (χ1n) is 6.42. The highest BCUT2D eigenvalue weighted by Crippen LogP contribution is 2.22. The Kier molecular flexibility index (Phi) is 5.88. The van der Waals surface area contributed by atoms with E-state index in [1.807, 2.05) is 12.1 Å². The number of carbonyl (C=O) groups is 1. The van der Waals surface area contributed by atoms with Gasteiger partial charge in [0.05, 0.1) is 0 Å². The molecule has 4 nitrogen and oxygen atoms in total. The van der Waals surface area contributed by atoms with Gasteiger partial charge in [0.25, 0.3) is 0 Å². The topological polar surface area (TPSA) is 69.9 Å². The van der Waals surface area contributed by atoms with Crippen LogP contribution in [0.4, 0.5) is 0 Å². The van der Waals surface area contributed by atoms with Crippen LogP contribution in [0.5, 0.6) is 0 Å². The molecule has 0 spiro atoms. The number of halogens is 2. The average Bonchev–Trinajstić information content (AvgIpc) is 2.49. The Labute approximate surface area is 144 Å². The maximum atomic E-state index is 11.4. The number of aliphatic carboxylic acids is 1. The molecule has 2 aromatic carbocycles. The SMILES string of the molecule is O=C(O)[C@@H](N=Cc1ccc(Br)cc1)[C@H](O)c1ccc(Br)cc1. The zero-order valence-electron chi connectivity index (χ0n) is 11.4. The summed E-state index contributed by atoms with van der Waals surface area (Å²) < 4.78 is 1.78. The number of aliphatic imine (C=N–C) groups is 1. The van der Waals surface area contributed by atoms with Gasteiger partial charge in [-0.3, -0.25) is 4.99 Å². The van der Waals surface area contributed by atoms with Crippen LogP contribution in [0.2, 0.25) is 0 Å². The summed E-state index contributed by atoms with van der Waals surface area (Å²) >= 11 is 6.62. The van der Waals surface area contributed by atoms with Gasteiger partial charge in [-0.05, 0) is 35.4 Å². The Morgan fingerprint density at radius 2 is 1.50 bits per heavy atom. The van der Waals surface area contributed by atoms with Crippen molar-refractivity contribution >= 4 is 44.0 Å². The van der Waals surface area contributed by atoms with E-state index in [2.05, 4.69) is 36.9 Å². The number of rotatable bonds is 5. The highest BCUT2D eigenvalue weighted by molar-refractivity contribution is 9.10. The van der Waals surface area contributed by atoms with Crippen LogP contribution in [-0.2, 0) is 4.79 Å². The summed E-state index contributed by atoms with van der Waals surface area (Å²) in [7, 11) is 0. The van der Waals surface area contributed by atoms with E-state index < -0.39 is 18.1 Å². The molecule has 114 valence electrons. The first-order chi connectivity index (χ1) is 10.5. The second kappa shape index (κ2) is 7.67. The Bertz CT molecular complexity index is 669. The van der Waals surface area contributed by atoms with Gasteiger partial charge >= 0.3 is 5.97 Å². The Hall–Kier alpha value is -1.50. The summed E-state index contributed by atoms with van der Waals surface area (Å²) in [6, 6.07) is 12.8. The molecule has 0 saturated carbocycles. The van der Waals surface area contributed by atoms with E-state index >= 15 is 0 Å². The van der Waals surface area contributed by atoms with E-state index in [9.17, 15) is 15.0 Å². The molecule has 22 heavy (non-hydrogen) atoms. The van der Waals surface area contributed by atoms with Gasteiger partial charge in [0.15, 0.2) is 6.04 Å². The molecule has 0 aliphatic carbocycles. The molecule has 0 heterocycles. The van der Waals surface area contributed by atoms with E-state index in [1.54, 1.807) is 36.4 Å². The van der Waals surface area contributed by atoms with Crippen molar-refractivity contribution in [2.75, 3.05) is 0 Å². The maximum Gasteiger partial charge on any atom is 0.331 e. The number of carboxylic acid groups (broad SMARTS) is 1. The lowest BCUT2D eigenvalue weighted by molar-refractivity contribution is -0.141. The monoisotopic (exact) mass is 425 g/mol. The molecule has 0 amide bonds. The van der Waals surface area contributed by atoms with Crippen molar-refractivity contribution in [3.05, 3.63) is 68.6 Å². The molecule has 0 saturated heterocycles. The van der Waals surface area contributed by atoms with E-state index in [1.165, 1.54) is 6.21 Å². The highest BCUT2D eigenvalue weighted by atomic mass is 79.9. The number of benzene rings is 2. The molecule has 0 aliphatic heterocycles. The first-order valence-corrected chi connectivity index (χ1v) is 8.01. The van der Waals surface area contributed by atoms with Gasteiger partial charge in [0.1, 0.15) is 6.10 Å². The molecule has 0 radical (unpaired) electrons. The Balaban J connectivity index is 2.20.